The Kier molecular flexibility index (Phi) is 5.51. The van der Waals surface area contributed by atoms with Gasteiger partial charge in [-0.3, -0.25) is 14.9 Å². The number of piperidine rings is 1. The maximum Gasteiger partial charge on any atom is 0.222 e. The number of aryl methyl sites for hydroxylation is 3. The lowest BCUT2D eigenvalue weighted by Gasteiger charge is -2.33. The second-order valence-corrected chi connectivity index (χ2v) is 7.24. The van der Waals surface area contributed by atoms with Gasteiger partial charge in [0.15, 0.2) is 0 Å². The van der Waals surface area contributed by atoms with Gasteiger partial charge in [-0.2, -0.15) is 5.10 Å². The monoisotopic (exact) mass is 340 g/mol. The third-order valence-corrected chi connectivity index (χ3v) is 5.19. The highest BCUT2D eigenvalue weighted by atomic mass is 16.2. The molecule has 5 heteroatoms. The van der Waals surface area contributed by atoms with Crippen molar-refractivity contribution in [2.45, 2.75) is 52.9 Å². The number of rotatable bonds is 5. The average molecular weight is 340 g/mol. The molecule has 2 aromatic heterocycles. The minimum atomic E-state index is 0.266. The van der Waals surface area contributed by atoms with Gasteiger partial charge in [0, 0.05) is 36.6 Å². The molecule has 0 bridgehead atoms. The van der Waals surface area contributed by atoms with Crippen LogP contribution < -0.4 is 0 Å². The van der Waals surface area contributed by atoms with Crippen molar-refractivity contribution in [3.63, 3.8) is 0 Å². The molecule has 0 aromatic carbocycles. The van der Waals surface area contributed by atoms with Crippen LogP contribution in [0.5, 0.6) is 0 Å². The summed E-state index contributed by atoms with van der Waals surface area (Å²) in [6, 6.07) is 6.19. The molecule has 1 fully saturated rings. The molecule has 25 heavy (non-hydrogen) atoms. The van der Waals surface area contributed by atoms with E-state index in [1.54, 1.807) is 0 Å². The molecule has 0 unspecified atom stereocenters. The van der Waals surface area contributed by atoms with Crippen LogP contribution in [0, 0.1) is 26.7 Å². The highest BCUT2D eigenvalue weighted by Crippen LogP contribution is 2.21. The topological polar surface area (TPSA) is 61.9 Å². The predicted molar refractivity (Wildman–Crippen MR) is 98.4 cm³/mol. The number of amides is 1. The van der Waals surface area contributed by atoms with Crippen molar-refractivity contribution in [1.82, 2.24) is 20.1 Å². The van der Waals surface area contributed by atoms with Crippen LogP contribution >= 0.6 is 0 Å². The van der Waals surface area contributed by atoms with E-state index in [1.807, 2.05) is 26.8 Å². The maximum absolute atomic E-state index is 12.6. The highest BCUT2D eigenvalue weighted by molar-refractivity contribution is 5.76. The van der Waals surface area contributed by atoms with Gasteiger partial charge in [-0.25, -0.2) is 0 Å². The molecule has 1 saturated heterocycles. The SMILES string of the molecule is Cc1cccc(C[C@H]2CCCN(C(=O)CCc3c(C)n[nH]c3C)C2)n1. The van der Waals surface area contributed by atoms with Gasteiger partial charge in [0.2, 0.25) is 5.91 Å². The lowest BCUT2D eigenvalue weighted by molar-refractivity contribution is -0.133. The smallest absolute Gasteiger partial charge is 0.222 e. The molecule has 0 radical (unpaired) electrons. The molecule has 3 rings (SSSR count). The van der Waals surface area contributed by atoms with Crippen LogP contribution in [0.2, 0.25) is 0 Å². The van der Waals surface area contributed by atoms with E-state index < -0.39 is 0 Å². The number of H-pyrrole nitrogens is 1. The highest BCUT2D eigenvalue weighted by Gasteiger charge is 2.24. The lowest BCUT2D eigenvalue weighted by atomic mass is 9.92. The van der Waals surface area contributed by atoms with E-state index in [9.17, 15) is 4.79 Å². The molecule has 134 valence electrons. The zero-order valence-corrected chi connectivity index (χ0v) is 15.5. The summed E-state index contributed by atoms with van der Waals surface area (Å²) in [5.41, 5.74) is 5.47. The van der Waals surface area contributed by atoms with Crippen LogP contribution in [-0.4, -0.2) is 39.1 Å². The van der Waals surface area contributed by atoms with Crippen molar-refractivity contribution in [2.24, 2.45) is 5.92 Å². The quantitative estimate of drug-likeness (QED) is 0.909. The summed E-state index contributed by atoms with van der Waals surface area (Å²) in [6.45, 7) is 7.79. The van der Waals surface area contributed by atoms with Crippen LogP contribution in [0.15, 0.2) is 18.2 Å². The van der Waals surface area contributed by atoms with Crippen molar-refractivity contribution in [2.75, 3.05) is 13.1 Å². The molecule has 0 saturated carbocycles. The first-order valence-corrected chi connectivity index (χ1v) is 9.23. The van der Waals surface area contributed by atoms with Crippen molar-refractivity contribution in [3.8, 4) is 0 Å². The zero-order chi connectivity index (χ0) is 17.8. The molecular formula is C20H28N4O. The first-order chi connectivity index (χ1) is 12.0. The molecule has 2 aromatic rings. The lowest BCUT2D eigenvalue weighted by Crippen LogP contribution is -2.40. The summed E-state index contributed by atoms with van der Waals surface area (Å²) in [7, 11) is 0. The Morgan fingerprint density at radius 2 is 2.16 bits per heavy atom. The Balaban J connectivity index is 1.54. The van der Waals surface area contributed by atoms with Gasteiger partial charge >= 0.3 is 0 Å². The molecule has 1 atom stereocenters. The van der Waals surface area contributed by atoms with E-state index in [4.69, 9.17) is 0 Å². The Hall–Kier alpha value is -2.17. The molecule has 1 N–H and O–H groups in total. The minimum Gasteiger partial charge on any atom is -0.342 e. The minimum absolute atomic E-state index is 0.266. The fraction of sp³-hybridized carbons (Fsp3) is 0.550. The number of aromatic nitrogens is 3. The number of hydrogen-bond acceptors (Lipinski definition) is 3. The van der Waals surface area contributed by atoms with Crippen molar-refractivity contribution in [1.29, 1.82) is 0 Å². The molecule has 3 heterocycles. The fourth-order valence-electron chi connectivity index (χ4n) is 3.80. The summed E-state index contributed by atoms with van der Waals surface area (Å²) in [5.74, 6) is 0.784. The molecule has 0 spiro atoms. The number of hydrogen-bond donors (Lipinski definition) is 1. The fourth-order valence-corrected chi connectivity index (χ4v) is 3.80. The molecule has 1 aliphatic rings. The van der Waals surface area contributed by atoms with Crippen LogP contribution in [-0.2, 0) is 17.6 Å². The average Bonchev–Trinajstić information content (AvgIpc) is 2.91. The summed E-state index contributed by atoms with van der Waals surface area (Å²) in [4.78, 5) is 19.3. The van der Waals surface area contributed by atoms with Crippen molar-refractivity contribution < 1.29 is 4.79 Å². The summed E-state index contributed by atoms with van der Waals surface area (Å²) < 4.78 is 0. The molecular weight excluding hydrogens is 312 g/mol. The predicted octanol–water partition coefficient (Wildman–Crippen LogP) is 3.14. The third-order valence-electron chi connectivity index (χ3n) is 5.19. The Bertz CT molecular complexity index is 718. The number of carbonyl (C=O) groups is 1. The van der Waals surface area contributed by atoms with Crippen molar-refractivity contribution in [3.05, 3.63) is 46.5 Å². The number of carbonyl (C=O) groups excluding carboxylic acids is 1. The number of nitrogens with zero attached hydrogens (tertiary/aromatic N) is 3. The normalized spacial score (nSPS) is 17.7. The molecule has 0 aliphatic carbocycles. The van der Waals surface area contributed by atoms with E-state index in [1.165, 1.54) is 12.0 Å². The van der Waals surface area contributed by atoms with Crippen molar-refractivity contribution >= 4 is 5.91 Å². The van der Waals surface area contributed by atoms with Crippen LogP contribution in [0.3, 0.4) is 0 Å². The summed E-state index contributed by atoms with van der Waals surface area (Å²) >= 11 is 0. The molecule has 1 aliphatic heterocycles. The third kappa shape index (κ3) is 4.47. The largest absolute Gasteiger partial charge is 0.342 e. The standard InChI is InChI=1S/C20H28N4O/c1-14-6-4-8-18(21-14)12-17-7-5-11-24(13-17)20(25)10-9-19-15(2)22-23-16(19)3/h4,6,8,17H,5,7,9-13H2,1-3H3,(H,22,23)/t17-/m1/s1. The van der Waals surface area contributed by atoms with E-state index in [2.05, 4.69) is 32.2 Å². The molecule has 1 amide bonds. The van der Waals surface area contributed by atoms with Crippen LogP contribution in [0.1, 0.15) is 47.6 Å². The number of nitrogens with one attached hydrogen (secondary N) is 1. The number of pyridine rings is 1. The molecule has 5 nitrogen and oxygen atoms in total. The number of aromatic amines is 1. The summed E-state index contributed by atoms with van der Waals surface area (Å²) in [6.07, 6.45) is 4.57. The van der Waals surface area contributed by atoms with Gasteiger partial charge in [0.25, 0.3) is 0 Å². The second kappa shape index (κ2) is 7.81. The number of likely N-dealkylation sites (tertiary alicyclic amines) is 1. The van der Waals surface area contributed by atoms with Gasteiger partial charge in [0.1, 0.15) is 0 Å². The van der Waals surface area contributed by atoms with Gasteiger partial charge in [-0.05, 0) is 70.1 Å². The maximum atomic E-state index is 12.6. The van der Waals surface area contributed by atoms with Gasteiger partial charge < -0.3 is 4.90 Å². The Labute approximate surface area is 149 Å². The van der Waals surface area contributed by atoms with Crippen LogP contribution in [0.25, 0.3) is 0 Å². The van der Waals surface area contributed by atoms with E-state index in [0.29, 0.717) is 12.3 Å². The Morgan fingerprint density at radius 3 is 2.88 bits per heavy atom. The zero-order valence-electron chi connectivity index (χ0n) is 15.5. The van der Waals surface area contributed by atoms with Crippen LogP contribution in [0.4, 0.5) is 0 Å². The van der Waals surface area contributed by atoms with Gasteiger partial charge in [-0.15, -0.1) is 0 Å². The first kappa shape index (κ1) is 17.6. The Morgan fingerprint density at radius 1 is 1.32 bits per heavy atom. The van der Waals surface area contributed by atoms with E-state index in [0.717, 1.165) is 55.1 Å². The second-order valence-electron chi connectivity index (χ2n) is 7.24. The first-order valence-electron chi connectivity index (χ1n) is 9.23. The van der Waals surface area contributed by atoms with E-state index in [-0.39, 0.29) is 5.91 Å². The van der Waals surface area contributed by atoms with Gasteiger partial charge in [0.05, 0.1) is 5.69 Å². The van der Waals surface area contributed by atoms with Gasteiger partial charge in [-0.1, -0.05) is 6.07 Å². The van der Waals surface area contributed by atoms with E-state index >= 15 is 0 Å². The summed E-state index contributed by atoms with van der Waals surface area (Å²) in [5, 5.41) is 7.21.